The monoisotopic (exact) mass is 210 g/mol. The zero-order valence-electron chi connectivity index (χ0n) is 9.32. The van der Waals surface area contributed by atoms with Crippen molar-refractivity contribution in [3.63, 3.8) is 0 Å². The number of hydrogen-bond donors (Lipinski definition) is 2. The highest BCUT2D eigenvalue weighted by Gasteiger charge is 2.38. The summed E-state index contributed by atoms with van der Waals surface area (Å²) in [6.07, 6.45) is 2.30. The van der Waals surface area contributed by atoms with E-state index in [2.05, 4.69) is 37.7 Å². The highest BCUT2D eigenvalue weighted by molar-refractivity contribution is 7.71. The molecule has 0 unspecified atom stereocenters. The van der Waals surface area contributed by atoms with Crippen molar-refractivity contribution in [2.75, 3.05) is 0 Å². The van der Waals surface area contributed by atoms with Crippen LogP contribution in [0.4, 0.5) is 0 Å². The molecule has 0 bridgehead atoms. The molecule has 0 saturated heterocycles. The fraction of sp³-hybridized carbons (Fsp3) is 0.727. The maximum Gasteiger partial charge on any atom is 0.174 e. The first-order valence-electron chi connectivity index (χ1n) is 5.12. The predicted molar refractivity (Wildman–Crippen MR) is 61.1 cm³/mol. The van der Waals surface area contributed by atoms with Gasteiger partial charge in [0.1, 0.15) is 0 Å². The summed E-state index contributed by atoms with van der Waals surface area (Å²) < 4.78 is 0.765. The van der Waals surface area contributed by atoms with Crippen LogP contribution in [0.1, 0.15) is 45.5 Å². The molecule has 1 aromatic heterocycles. The SMILES string of the molecule is CC1(C)Cc2[nH]c(=S)[nH]c2C(C)(C)C1. The van der Waals surface area contributed by atoms with Gasteiger partial charge >= 0.3 is 0 Å². The molecule has 1 aliphatic rings. The predicted octanol–water partition coefficient (Wildman–Crippen LogP) is 3.32. The first-order valence-corrected chi connectivity index (χ1v) is 5.53. The van der Waals surface area contributed by atoms with E-state index in [0.29, 0.717) is 5.41 Å². The summed E-state index contributed by atoms with van der Waals surface area (Å²) in [5, 5.41) is 0. The normalized spacial score (nSPS) is 23.1. The van der Waals surface area contributed by atoms with E-state index >= 15 is 0 Å². The van der Waals surface area contributed by atoms with Gasteiger partial charge in [0.25, 0.3) is 0 Å². The molecule has 1 aliphatic carbocycles. The molecule has 0 radical (unpaired) electrons. The molecule has 0 saturated carbocycles. The summed E-state index contributed by atoms with van der Waals surface area (Å²) in [6.45, 7) is 9.21. The number of nitrogens with one attached hydrogen (secondary N) is 2. The van der Waals surface area contributed by atoms with Crippen LogP contribution in [-0.2, 0) is 11.8 Å². The van der Waals surface area contributed by atoms with Crippen molar-refractivity contribution in [2.45, 2.75) is 46.0 Å². The number of hydrogen-bond acceptors (Lipinski definition) is 1. The third kappa shape index (κ3) is 1.54. The minimum Gasteiger partial charge on any atom is -0.334 e. The number of aromatic nitrogens is 2. The molecule has 3 heteroatoms. The zero-order valence-corrected chi connectivity index (χ0v) is 10.1. The Balaban J connectivity index is 2.57. The molecule has 0 aliphatic heterocycles. The zero-order chi connectivity index (χ0) is 10.6. The maximum atomic E-state index is 5.15. The highest BCUT2D eigenvalue weighted by Crippen LogP contribution is 2.44. The Hall–Kier alpha value is -0.570. The van der Waals surface area contributed by atoms with Gasteiger partial charge in [-0.05, 0) is 30.5 Å². The van der Waals surface area contributed by atoms with Gasteiger partial charge in [-0.1, -0.05) is 27.7 Å². The molecule has 2 rings (SSSR count). The van der Waals surface area contributed by atoms with Crippen LogP contribution in [0.25, 0.3) is 0 Å². The Kier molecular flexibility index (Phi) is 1.94. The minimum atomic E-state index is 0.213. The summed E-state index contributed by atoms with van der Waals surface area (Å²) >= 11 is 5.15. The van der Waals surface area contributed by atoms with E-state index in [1.165, 1.54) is 17.8 Å². The summed E-state index contributed by atoms with van der Waals surface area (Å²) in [7, 11) is 0. The topological polar surface area (TPSA) is 31.6 Å². The molecule has 0 spiro atoms. The van der Waals surface area contributed by atoms with Gasteiger partial charge in [-0.2, -0.15) is 0 Å². The van der Waals surface area contributed by atoms with Crippen LogP contribution in [0.2, 0.25) is 0 Å². The van der Waals surface area contributed by atoms with E-state index < -0.39 is 0 Å². The minimum absolute atomic E-state index is 0.213. The van der Waals surface area contributed by atoms with Crippen LogP contribution in [0.3, 0.4) is 0 Å². The van der Waals surface area contributed by atoms with Crippen LogP contribution < -0.4 is 0 Å². The standard InChI is InChI=1S/C11H18N2S/c1-10(2)5-7-8(11(3,4)6-10)13-9(14)12-7/h5-6H2,1-4H3,(H2,12,13,14). The largest absolute Gasteiger partial charge is 0.334 e. The molecular weight excluding hydrogens is 192 g/mol. The number of rotatable bonds is 0. The lowest BCUT2D eigenvalue weighted by Crippen LogP contribution is -2.34. The number of aromatic amines is 2. The first-order chi connectivity index (χ1) is 6.30. The number of H-pyrrole nitrogens is 2. The third-order valence-corrected chi connectivity index (χ3v) is 3.26. The average Bonchev–Trinajstić information content (AvgIpc) is 2.25. The maximum absolute atomic E-state index is 5.15. The van der Waals surface area contributed by atoms with Crippen LogP contribution >= 0.6 is 12.2 Å². The molecule has 1 heterocycles. The van der Waals surface area contributed by atoms with E-state index in [9.17, 15) is 0 Å². The Morgan fingerprint density at radius 1 is 1.14 bits per heavy atom. The van der Waals surface area contributed by atoms with Gasteiger partial charge in [0.05, 0.1) is 0 Å². The van der Waals surface area contributed by atoms with Gasteiger partial charge in [0.2, 0.25) is 0 Å². The van der Waals surface area contributed by atoms with Crippen LogP contribution in [-0.4, -0.2) is 9.97 Å². The van der Waals surface area contributed by atoms with Crippen molar-refractivity contribution in [1.82, 2.24) is 9.97 Å². The van der Waals surface area contributed by atoms with Crippen molar-refractivity contribution in [3.05, 3.63) is 16.2 Å². The smallest absolute Gasteiger partial charge is 0.174 e. The summed E-state index contributed by atoms with van der Waals surface area (Å²) in [5.74, 6) is 0. The summed E-state index contributed by atoms with van der Waals surface area (Å²) in [4.78, 5) is 6.55. The van der Waals surface area contributed by atoms with Crippen LogP contribution in [0.5, 0.6) is 0 Å². The lowest BCUT2D eigenvalue weighted by Gasteiger charge is -2.39. The molecule has 0 amide bonds. The Bertz CT molecular complexity index is 409. The molecule has 1 aromatic rings. The first kappa shape index (κ1) is 9.97. The Labute approximate surface area is 90.1 Å². The van der Waals surface area contributed by atoms with E-state index in [4.69, 9.17) is 12.2 Å². The number of imidazole rings is 1. The second-order valence-corrected chi connectivity index (χ2v) is 6.24. The quantitative estimate of drug-likeness (QED) is 0.632. The molecule has 2 nitrogen and oxygen atoms in total. The van der Waals surface area contributed by atoms with Crippen molar-refractivity contribution in [2.24, 2.45) is 5.41 Å². The summed E-state index contributed by atoms with van der Waals surface area (Å²) in [6, 6.07) is 0. The van der Waals surface area contributed by atoms with Crippen molar-refractivity contribution in [1.29, 1.82) is 0 Å². The summed E-state index contributed by atoms with van der Waals surface area (Å²) in [5.41, 5.74) is 3.19. The molecular formula is C11H18N2S. The Morgan fingerprint density at radius 3 is 2.43 bits per heavy atom. The van der Waals surface area contributed by atoms with Crippen molar-refractivity contribution < 1.29 is 0 Å². The lowest BCUT2D eigenvalue weighted by atomic mass is 9.66. The fourth-order valence-electron chi connectivity index (χ4n) is 2.96. The highest BCUT2D eigenvalue weighted by atomic mass is 32.1. The average molecular weight is 210 g/mol. The fourth-order valence-corrected chi connectivity index (χ4v) is 3.18. The molecule has 0 atom stereocenters. The second kappa shape index (κ2) is 2.72. The molecule has 0 fully saturated rings. The van der Waals surface area contributed by atoms with E-state index in [1.54, 1.807) is 0 Å². The van der Waals surface area contributed by atoms with Crippen LogP contribution in [0.15, 0.2) is 0 Å². The molecule has 78 valence electrons. The van der Waals surface area contributed by atoms with E-state index in [0.717, 1.165) is 11.2 Å². The van der Waals surface area contributed by atoms with E-state index in [-0.39, 0.29) is 5.41 Å². The third-order valence-electron chi connectivity index (χ3n) is 3.06. The molecule has 0 aromatic carbocycles. The van der Waals surface area contributed by atoms with Crippen molar-refractivity contribution >= 4 is 12.2 Å². The number of fused-ring (bicyclic) bond motifs is 1. The Morgan fingerprint density at radius 2 is 1.79 bits per heavy atom. The van der Waals surface area contributed by atoms with Crippen LogP contribution in [0, 0.1) is 10.2 Å². The van der Waals surface area contributed by atoms with Gasteiger partial charge in [0, 0.05) is 16.8 Å². The lowest BCUT2D eigenvalue weighted by molar-refractivity contribution is 0.226. The van der Waals surface area contributed by atoms with Gasteiger partial charge in [-0.3, -0.25) is 0 Å². The van der Waals surface area contributed by atoms with Gasteiger partial charge in [-0.25, -0.2) is 0 Å². The van der Waals surface area contributed by atoms with Gasteiger partial charge in [-0.15, -0.1) is 0 Å². The van der Waals surface area contributed by atoms with E-state index in [1.807, 2.05) is 0 Å². The van der Waals surface area contributed by atoms with Crippen molar-refractivity contribution in [3.8, 4) is 0 Å². The van der Waals surface area contributed by atoms with Gasteiger partial charge in [0.15, 0.2) is 4.77 Å². The van der Waals surface area contributed by atoms with Gasteiger partial charge < -0.3 is 9.97 Å². The molecule has 14 heavy (non-hydrogen) atoms. The molecule has 2 N–H and O–H groups in total. The second-order valence-electron chi connectivity index (χ2n) is 5.83.